The molecule has 9 heteroatoms. The minimum absolute atomic E-state index is 0.0487. The fourth-order valence-corrected chi connectivity index (χ4v) is 4.24. The normalized spacial score (nSPS) is 12.0. The van der Waals surface area contributed by atoms with Crippen LogP contribution >= 0.6 is 0 Å². The van der Waals surface area contributed by atoms with Crippen LogP contribution in [-0.4, -0.2) is 13.4 Å². The molecule has 1 heterocycles. The lowest BCUT2D eigenvalue weighted by Crippen LogP contribution is -2.16. The summed E-state index contributed by atoms with van der Waals surface area (Å²) in [6.07, 6.45) is -2.96. The van der Waals surface area contributed by atoms with E-state index >= 15 is 0 Å². The van der Waals surface area contributed by atoms with Gasteiger partial charge in [0.2, 0.25) is 0 Å². The Hall–Kier alpha value is -3.59. The summed E-state index contributed by atoms with van der Waals surface area (Å²) in [6, 6.07) is 19.2. The first-order valence-electron chi connectivity index (χ1n) is 9.48. The molecule has 0 aliphatic heterocycles. The summed E-state index contributed by atoms with van der Waals surface area (Å²) in [7, 11) is -4.24. The van der Waals surface area contributed by atoms with Gasteiger partial charge in [-0.25, -0.2) is 8.42 Å². The van der Waals surface area contributed by atoms with E-state index in [1.165, 1.54) is 6.07 Å². The zero-order valence-corrected chi connectivity index (χ0v) is 17.3. The lowest BCUT2D eigenvalue weighted by molar-refractivity contribution is -0.137. The lowest BCUT2D eigenvalue weighted by Gasteiger charge is -2.14. The number of aromatic nitrogens is 1. The SMILES string of the molecule is O=S(=O)(Nc1ccccc1COc1ccc2ncccc2c1)c1cccc(C(F)(F)F)c1. The molecule has 0 saturated carbocycles. The van der Waals surface area contributed by atoms with Crippen LogP contribution in [0.5, 0.6) is 5.75 Å². The molecule has 5 nitrogen and oxygen atoms in total. The summed E-state index contributed by atoms with van der Waals surface area (Å²) in [6.45, 7) is 0.0487. The molecule has 0 aliphatic carbocycles. The number of hydrogen-bond donors (Lipinski definition) is 1. The molecule has 1 N–H and O–H groups in total. The molecule has 1 aromatic heterocycles. The number of halogens is 3. The van der Waals surface area contributed by atoms with Crippen molar-refractivity contribution in [3.63, 3.8) is 0 Å². The molecular formula is C23H17F3N2O3S. The Bertz CT molecular complexity index is 1370. The average Bonchev–Trinajstić information content (AvgIpc) is 2.78. The average molecular weight is 458 g/mol. The molecule has 3 aromatic carbocycles. The van der Waals surface area contributed by atoms with Crippen molar-refractivity contribution in [2.45, 2.75) is 17.7 Å². The number of fused-ring (bicyclic) bond motifs is 1. The maximum Gasteiger partial charge on any atom is 0.416 e. The molecule has 4 rings (SSSR count). The zero-order valence-electron chi connectivity index (χ0n) is 16.5. The maximum absolute atomic E-state index is 13.0. The first-order chi connectivity index (χ1) is 15.2. The second-order valence-electron chi connectivity index (χ2n) is 6.93. The Balaban J connectivity index is 1.55. The molecule has 0 spiro atoms. The van der Waals surface area contributed by atoms with Gasteiger partial charge in [0.1, 0.15) is 12.4 Å². The summed E-state index contributed by atoms with van der Waals surface area (Å²) in [5, 5.41) is 0.892. The Labute approximate surface area is 182 Å². The molecule has 0 saturated heterocycles. The predicted molar refractivity (Wildman–Crippen MR) is 115 cm³/mol. The minimum atomic E-state index is -4.65. The summed E-state index contributed by atoms with van der Waals surface area (Å²) in [4.78, 5) is 3.76. The monoisotopic (exact) mass is 458 g/mol. The number of alkyl halides is 3. The van der Waals surface area contributed by atoms with Gasteiger partial charge in [-0.05, 0) is 48.5 Å². The molecule has 0 unspecified atom stereocenters. The number of nitrogens with one attached hydrogen (secondary N) is 1. The molecule has 32 heavy (non-hydrogen) atoms. The van der Waals surface area contributed by atoms with E-state index in [4.69, 9.17) is 4.74 Å². The van der Waals surface area contributed by atoms with Crippen molar-refractivity contribution < 1.29 is 26.3 Å². The summed E-state index contributed by atoms with van der Waals surface area (Å²) >= 11 is 0. The number of ether oxygens (including phenoxy) is 1. The van der Waals surface area contributed by atoms with Crippen LogP contribution in [0.2, 0.25) is 0 Å². The Morgan fingerprint density at radius 3 is 2.53 bits per heavy atom. The summed E-state index contributed by atoms with van der Waals surface area (Å²) in [5.74, 6) is 0.570. The molecular weight excluding hydrogens is 441 g/mol. The van der Waals surface area contributed by atoms with Crippen LogP contribution in [0, 0.1) is 0 Å². The van der Waals surface area contributed by atoms with Gasteiger partial charge in [-0.1, -0.05) is 30.3 Å². The molecule has 0 amide bonds. The number of hydrogen-bond acceptors (Lipinski definition) is 4. The van der Waals surface area contributed by atoms with Crippen molar-refractivity contribution >= 4 is 26.6 Å². The first kappa shape index (κ1) is 21.6. The Morgan fingerprint density at radius 1 is 0.906 bits per heavy atom. The van der Waals surface area contributed by atoms with Gasteiger partial charge in [0.25, 0.3) is 10.0 Å². The lowest BCUT2D eigenvalue weighted by atomic mass is 10.2. The Morgan fingerprint density at radius 2 is 1.72 bits per heavy atom. The highest BCUT2D eigenvalue weighted by atomic mass is 32.2. The van der Waals surface area contributed by atoms with E-state index in [0.717, 1.165) is 29.1 Å². The fourth-order valence-electron chi connectivity index (χ4n) is 3.09. The van der Waals surface area contributed by atoms with Crippen molar-refractivity contribution in [3.8, 4) is 5.75 Å². The number of benzene rings is 3. The van der Waals surface area contributed by atoms with E-state index in [0.29, 0.717) is 17.4 Å². The third-order valence-corrected chi connectivity index (χ3v) is 6.07. The highest BCUT2D eigenvalue weighted by molar-refractivity contribution is 7.92. The number of para-hydroxylation sites is 1. The quantitative estimate of drug-likeness (QED) is 0.406. The number of anilines is 1. The van der Waals surface area contributed by atoms with Crippen LogP contribution in [0.4, 0.5) is 18.9 Å². The van der Waals surface area contributed by atoms with Gasteiger partial charge in [-0.3, -0.25) is 9.71 Å². The standard InChI is InChI=1S/C23H17F3N2O3S/c24-23(25,26)18-7-3-8-20(14-18)32(29,30)28-22-9-2-1-5-17(22)15-31-19-10-11-21-16(13-19)6-4-12-27-21/h1-14,28H,15H2. The second-order valence-corrected chi connectivity index (χ2v) is 8.62. The smallest absolute Gasteiger partial charge is 0.416 e. The maximum atomic E-state index is 13.0. The van der Waals surface area contributed by atoms with E-state index in [2.05, 4.69) is 9.71 Å². The topological polar surface area (TPSA) is 68.3 Å². The van der Waals surface area contributed by atoms with Crippen LogP contribution in [0.25, 0.3) is 10.9 Å². The second kappa shape index (κ2) is 8.51. The highest BCUT2D eigenvalue weighted by Crippen LogP contribution is 2.31. The van der Waals surface area contributed by atoms with Crippen molar-refractivity contribution in [1.29, 1.82) is 0 Å². The van der Waals surface area contributed by atoms with Crippen molar-refractivity contribution in [1.82, 2.24) is 4.98 Å². The molecule has 0 aliphatic rings. The molecule has 0 radical (unpaired) electrons. The van der Waals surface area contributed by atoms with Gasteiger partial charge in [0.15, 0.2) is 0 Å². The van der Waals surface area contributed by atoms with Gasteiger partial charge >= 0.3 is 6.18 Å². The molecule has 4 aromatic rings. The van der Waals surface area contributed by atoms with Crippen LogP contribution < -0.4 is 9.46 Å². The van der Waals surface area contributed by atoms with Crippen LogP contribution in [0.15, 0.2) is 90.0 Å². The third kappa shape index (κ3) is 4.83. The highest BCUT2D eigenvalue weighted by Gasteiger charge is 2.31. The minimum Gasteiger partial charge on any atom is -0.489 e. The van der Waals surface area contributed by atoms with E-state index in [-0.39, 0.29) is 12.3 Å². The van der Waals surface area contributed by atoms with Gasteiger partial charge < -0.3 is 4.74 Å². The van der Waals surface area contributed by atoms with E-state index in [1.54, 1.807) is 30.5 Å². The van der Waals surface area contributed by atoms with Crippen LogP contribution in [-0.2, 0) is 22.8 Å². The van der Waals surface area contributed by atoms with Gasteiger partial charge in [0, 0.05) is 17.1 Å². The zero-order chi connectivity index (χ0) is 22.8. The molecule has 164 valence electrons. The first-order valence-corrected chi connectivity index (χ1v) is 11.0. The van der Waals surface area contributed by atoms with E-state index in [9.17, 15) is 21.6 Å². The number of nitrogens with zero attached hydrogens (tertiary/aromatic N) is 1. The summed E-state index contributed by atoms with van der Waals surface area (Å²) < 4.78 is 72.5. The van der Waals surface area contributed by atoms with Gasteiger partial charge in [0.05, 0.1) is 21.7 Å². The van der Waals surface area contributed by atoms with Crippen molar-refractivity contribution in [3.05, 3.63) is 96.2 Å². The van der Waals surface area contributed by atoms with Crippen LogP contribution in [0.3, 0.4) is 0 Å². The van der Waals surface area contributed by atoms with E-state index in [1.807, 2.05) is 24.3 Å². The number of rotatable bonds is 6. The fraction of sp³-hybridized carbons (Fsp3) is 0.0870. The van der Waals surface area contributed by atoms with E-state index < -0.39 is 26.7 Å². The third-order valence-electron chi connectivity index (χ3n) is 4.70. The van der Waals surface area contributed by atoms with Crippen LogP contribution in [0.1, 0.15) is 11.1 Å². The van der Waals surface area contributed by atoms with Crippen molar-refractivity contribution in [2.75, 3.05) is 4.72 Å². The van der Waals surface area contributed by atoms with Gasteiger partial charge in [-0.2, -0.15) is 13.2 Å². The largest absolute Gasteiger partial charge is 0.489 e. The predicted octanol–water partition coefficient (Wildman–Crippen LogP) is 5.63. The summed E-state index contributed by atoms with van der Waals surface area (Å²) in [5.41, 5.74) is 0.513. The number of sulfonamides is 1. The number of pyridine rings is 1. The van der Waals surface area contributed by atoms with Gasteiger partial charge in [-0.15, -0.1) is 0 Å². The molecule has 0 bridgehead atoms. The Kier molecular flexibility index (Phi) is 5.75. The molecule has 0 atom stereocenters. The molecule has 0 fully saturated rings. The van der Waals surface area contributed by atoms with Crippen molar-refractivity contribution in [2.24, 2.45) is 0 Å².